The van der Waals surface area contributed by atoms with Crippen molar-refractivity contribution >= 4 is 17.4 Å². The van der Waals surface area contributed by atoms with Gasteiger partial charge >= 0.3 is 5.97 Å². The topological polar surface area (TPSA) is 78.4 Å². The molecular weight excluding hydrogens is 316 g/mol. The largest absolute Gasteiger partial charge is 0.478 e. The van der Waals surface area contributed by atoms with Crippen LogP contribution in [0.15, 0.2) is 65.9 Å². The van der Waals surface area contributed by atoms with Gasteiger partial charge in [0.1, 0.15) is 5.57 Å². The minimum absolute atomic E-state index is 0.0804. The Balaban J connectivity index is 1.68. The van der Waals surface area contributed by atoms with E-state index in [0.29, 0.717) is 12.3 Å². The van der Waals surface area contributed by atoms with Crippen LogP contribution in [0.4, 0.5) is 5.69 Å². The number of para-hydroxylation sites is 1. The number of carboxylic acids is 1. The molecule has 3 N–H and O–H groups in total. The van der Waals surface area contributed by atoms with E-state index >= 15 is 0 Å². The molecule has 2 aliphatic rings. The summed E-state index contributed by atoms with van der Waals surface area (Å²) in [4.78, 5) is 23.8. The number of aliphatic carboxylic acids is 1. The van der Waals surface area contributed by atoms with Gasteiger partial charge in [0, 0.05) is 11.6 Å². The molecule has 3 atom stereocenters. The van der Waals surface area contributed by atoms with Crippen molar-refractivity contribution in [3.05, 3.63) is 65.9 Å². The molecule has 2 aliphatic carbocycles. The summed E-state index contributed by atoms with van der Waals surface area (Å²) in [6.07, 6.45) is 8.62. The predicted octanol–water partition coefficient (Wildman–Crippen LogP) is 3.30. The van der Waals surface area contributed by atoms with E-state index in [1.165, 1.54) is 6.08 Å². The standard InChI is InChI=1S/C20H22N2O3/c1-13-10-11-15(22-21-14-6-3-2-4-7-14)12-18(13)16-8-5-9-17(19(16)23)20(24)25/h2-9,11,13,16,18,21-22H,10,12H2,1H3,(H,24,25). The van der Waals surface area contributed by atoms with Gasteiger partial charge in [-0.1, -0.05) is 43.4 Å². The maximum Gasteiger partial charge on any atom is 0.339 e. The number of carboxylic acid groups (broad SMARTS) is 1. The quantitative estimate of drug-likeness (QED) is 0.567. The van der Waals surface area contributed by atoms with Crippen LogP contribution in [0, 0.1) is 17.8 Å². The molecule has 0 amide bonds. The second-order valence-corrected chi connectivity index (χ2v) is 6.59. The van der Waals surface area contributed by atoms with Gasteiger partial charge in [-0.15, -0.1) is 0 Å². The fourth-order valence-electron chi connectivity index (χ4n) is 3.43. The average Bonchev–Trinajstić information content (AvgIpc) is 2.62. The van der Waals surface area contributed by atoms with Gasteiger partial charge in [-0.05, 0) is 42.9 Å². The van der Waals surface area contributed by atoms with Gasteiger partial charge in [0.15, 0.2) is 5.78 Å². The number of benzene rings is 1. The third kappa shape index (κ3) is 3.82. The van der Waals surface area contributed by atoms with E-state index < -0.39 is 5.97 Å². The van der Waals surface area contributed by atoms with Gasteiger partial charge in [-0.3, -0.25) is 4.79 Å². The molecule has 3 unspecified atom stereocenters. The molecule has 0 radical (unpaired) electrons. The van der Waals surface area contributed by atoms with Gasteiger partial charge in [0.25, 0.3) is 0 Å². The monoisotopic (exact) mass is 338 g/mol. The molecule has 0 fully saturated rings. The molecule has 0 saturated carbocycles. The molecule has 0 bridgehead atoms. The first-order valence-corrected chi connectivity index (χ1v) is 8.48. The summed E-state index contributed by atoms with van der Waals surface area (Å²) < 4.78 is 0. The Labute approximate surface area is 147 Å². The first-order chi connectivity index (χ1) is 12.1. The maximum atomic E-state index is 12.5. The summed E-state index contributed by atoms with van der Waals surface area (Å²) >= 11 is 0. The van der Waals surface area contributed by atoms with Gasteiger partial charge < -0.3 is 16.0 Å². The van der Waals surface area contributed by atoms with E-state index in [0.717, 1.165) is 17.8 Å². The third-order valence-corrected chi connectivity index (χ3v) is 4.90. The first kappa shape index (κ1) is 17.0. The number of hydrazine groups is 1. The third-order valence-electron chi connectivity index (χ3n) is 4.90. The molecule has 5 heteroatoms. The van der Waals surface area contributed by atoms with E-state index in [2.05, 4.69) is 23.9 Å². The summed E-state index contributed by atoms with van der Waals surface area (Å²) in [6, 6.07) is 9.80. The molecule has 1 aromatic carbocycles. The highest BCUT2D eigenvalue weighted by molar-refractivity contribution is 6.18. The molecule has 130 valence electrons. The van der Waals surface area contributed by atoms with Crippen LogP contribution in [0.5, 0.6) is 0 Å². The lowest BCUT2D eigenvalue weighted by Crippen LogP contribution is -2.35. The zero-order valence-electron chi connectivity index (χ0n) is 14.1. The molecule has 0 aliphatic heterocycles. The fourth-order valence-corrected chi connectivity index (χ4v) is 3.43. The lowest BCUT2D eigenvalue weighted by atomic mass is 9.71. The van der Waals surface area contributed by atoms with Crippen molar-refractivity contribution in [2.75, 3.05) is 5.43 Å². The average molecular weight is 338 g/mol. The summed E-state index contributed by atoms with van der Waals surface area (Å²) in [5.41, 5.74) is 8.25. The van der Waals surface area contributed by atoms with Crippen molar-refractivity contribution in [3.63, 3.8) is 0 Å². The number of Topliss-reactive ketones (excluding diaryl/α,β-unsaturated/α-hetero) is 1. The normalized spacial score (nSPS) is 25.8. The number of carbonyl (C=O) groups excluding carboxylic acids is 1. The maximum absolute atomic E-state index is 12.5. The van der Waals surface area contributed by atoms with E-state index in [9.17, 15) is 14.7 Å². The highest BCUT2D eigenvalue weighted by Gasteiger charge is 2.36. The molecule has 5 nitrogen and oxygen atoms in total. The Morgan fingerprint density at radius 3 is 2.68 bits per heavy atom. The lowest BCUT2D eigenvalue weighted by molar-refractivity contribution is -0.135. The van der Waals surface area contributed by atoms with Gasteiger partial charge in [0.05, 0.1) is 5.69 Å². The van der Waals surface area contributed by atoms with Crippen LogP contribution in [-0.2, 0) is 9.59 Å². The highest BCUT2D eigenvalue weighted by Crippen LogP contribution is 2.37. The lowest BCUT2D eigenvalue weighted by Gasteiger charge is -2.34. The molecule has 0 heterocycles. The Kier molecular flexibility index (Phi) is 5.03. The number of rotatable bonds is 5. The molecule has 0 aromatic heterocycles. The summed E-state index contributed by atoms with van der Waals surface area (Å²) in [5.74, 6) is -1.43. The van der Waals surface area contributed by atoms with Gasteiger partial charge in [0.2, 0.25) is 0 Å². The number of carbonyl (C=O) groups is 2. The molecule has 25 heavy (non-hydrogen) atoms. The van der Waals surface area contributed by atoms with Crippen molar-refractivity contribution in [2.24, 2.45) is 17.8 Å². The first-order valence-electron chi connectivity index (χ1n) is 8.48. The Bertz CT molecular complexity index is 749. The Morgan fingerprint density at radius 2 is 1.96 bits per heavy atom. The van der Waals surface area contributed by atoms with E-state index in [1.807, 2.05) is 36.4 Å². The zero-order valence-corrected chi connectivity index (χ0v) is 14.1. The number of hydrogen-bond acceptors (Lipinski definition) is 4. The van der Waals surface area contributed by atoms with Crippen LogP contribution >= 0.6 is 0 Å². The smallest absolute Gasteiger partial charge is 0.339 e. The summed E-state index contributed by atoms with van der Waals surface area (Å²) in [7, 11) is 0. The summed E-state index contributed by atoms with van der Waals surface area (Å²) in [6.45, 7) is 2.11. The SMILES string of the molecule is CC1CC=C(NNc2ccccc2)CC1C1C=CC=C(C(=O)O)C1=O. The van der Waals surface area contributed by atoms with E-state index in [4.69, 9.17) is 0 Å². The summed E-state index contributed by atoms with van der Waals surface area (Å²) in [5, 5.41) is 9.20. The second kappa shape index (κ2) is 7.38. The molecule has 0 saturated heterocycles. The van der Waals surface area contributed by atoms with Crippen molar-refractivity contribution in [1.82, 2.24) is 5.43 Å². The van der Waals surface area contributed by atoms with Crippen LogP contribution in [-0.4, -0.2) is 16.9 Å². The number of allylic oxidation sites excluding steroid dienone is 5. The second-order valence-electron chi connectivity index (χ2n) is 6.59. The Morgan fingerprint density at radius 1 is 1.20 bits per heavy atom. The number of hydrogen-bond donors (Lipinski definition) is 3. The van der Waals surface area contributed by atoms with Crippen LogP contribution in [0.1, 0.15) is 19.8 Å². The van der Waals surface area contributed by atoms with Crippen molar-refractivity contribution in [1.29, 1.82) is 0 Å². The fraction of sp³-hybridized carbons (Fsp3) is 0.300. The highest BCUT2D eigenvalue weighted by atomic mass is 16.4. The van der Waals surface area contributed by atoms with Crippen molar-refractivity contribution < 1.29 is 14.7 Å². The predicted molar refractivity (Wildman–Crippen MR) is 96.5 cm³/mol. The van der Waals surface area contributed by atoms with Crippen LogP contribution < -0.4 is 10.9 Å². The minimum Gasteiger partial charge on any atom is -0.478 e. The van der Waals surface area contributed by atoms with Crippen LogP contribution in [0.25, 0.3) is 0 Å². The number of ketones is 1. The van der Waals surface area contributed by atoms with Crippen molar-refractivity contribution in [3.8, 4) is 0 Å². The molecule has 3 rings (SSSR count). The Hall–Kier alpha value is -2.82. The van der Waals surface area contributed by atoms with Crippen LogP contribution in [0.2, 0.25) is 0 Å². The number of nitrogens with one attached hydrogen (secondary N) is 2. The number of anilines is 1. The van der Waals surface area contributed by atoms with Gasteiger partial charge in [-0.2, -0.15) is 0 Å². The zero-order chi connectivity index (χ0) is 17.8. The van der Waals surface area contributed by atoms with E-state index in [1.54, 1.807) is 6.08 Å². The molecule has 0 spiro atoms. The van der Waals surface area contributed by atoms with Crippen LogP contribution in [0.3, 0.4) is 0 Å². The van der Waals surface area contributed by atoms with Gasteiger partial charge in [-0.25, -0.2) is 4.79 Å². The van der Waals surface area contributed by atoms with E-state index in [-0.39, 0.29) is 23.2 Å². The molecular formula is C20H22N2O3. The molecule has 1 aromatic rings. The minimum atomic E-state index is -1.15. The van der Waals surface area contributed by atoms with Crippen molar-refractivity contribution in [2.45, 2.75) is 19.8 Å².